The fraction of sp³-hybridized carbons (Fsp3) is 0.750. The van der Waals surface area contributed by atoms with Crippen LogP contribution < -0.4 is 0 Å². The van der Waals surface area contributed by atoms with E-state index in [4.69, 9.17) is 12.2 Å². The quantitative estimate of drug-likeness (QED) is 0.353. The highest BCUT2D eigenvalue weighted by Gasteiger charge is 2.30. The molecule has 0 bridgehead atoms. The zero-order valence-electron chi connectivity index (χ0n) is 11.5. The van der Waals surface area contributed by atoms with E-state index in [1.807, 2.05) is 13.2 Å². The monoisotopic (exact) mass is 323 g/mol. The van der Waals surface area contributed by atoms with E-state index in [0.717, 1.165) is 12.8 Å². The summed E-state index contributed by atoms with van der Waals surface area (Å²) in [6, 6.07) is 0. The Morgan fingerprint density at radius 3 is 2.56 bits per heavy atom. The van der Waals surface area contributed by atoms with Gasteiger partial charge < -0.3 is 4.67 Å². The average Bonchev–Trinajstić information content (AvgIpc) is 2.38. The minimum atomic E-state index is -2.49. The number of hydrogen-bond donors (Lipinski definition) is 0. The molecule has 0 radical (unpaired) electrons. The molecule has 0 N–H and O–H groups in total. The van der Waals surface area contributed by atoms with Gasteiger partial charge in [-0.25, -0.2) is 0 Å². The van der Waals surface area contributed by atoms with Crippen molar-refractivity contribution in [2.45, 2.75) is 45.3 Å². The number of rotatable bonds is 8. The maximum Gasteiger partial charge on any atom is 0.280 e. The molecule has 2 nitrogen and oxygen atoms in total. The van der Waals surface area contributed by atoms with Gasteiger partial charge in [-0.05, 0) is 12.7 Å². The molecule has 0 aliphatic heterocycles. The molecular formula is C12H22NOPS3. The maximum atomic E-state index is 12.9. The lowest BCUT2D eigenvalue weighted by atomic mass is 10.4. The summed E-state index contributed by atoms with van der Waals surface area (Å²) in [5.41, 5.74) is -0.964. The summed E-state index contributed by atoms with van der Waals surface area (Å²) < 4.78 is 14.7. The van der Waals surface area contributed by atoms with E-state index in [0.29, 0.717) is 18.2 Å². The van der Waals surface area contributed by atoms with Crippen molar-refractivity contribution < 1.29 is 4.57 Å². The van der Waals surface area contributed by atoms with Crippen molar-refractivity contribution in [3.05, 3.63) is 0 Å². The Hall–Kier alpha value is 0.380. The zero-order chi connectivity index (χ0) is 14.0. The third kappa shape index (κ3) is 6.52. The largest absolute Gasteiger partial charge is 0.303 e. The Bertz CT molecular complexity index is 351. The van der Waals surface area contributed by atoms with Crippen molar-refractivity contribution in [2.75, 3.05) is 12.8 Å². The Morgan fingerprint density at radius 2 is 2.11 bits per heavy atom. The molecule has 18 heavy (non-hydrogen) atoms. The van der Waals surface area contributed by atoms with Crippen LogP contribution in [0.5, 0.6) is 0 Å². The first-order valence-electron chi connectivity index (χ1n) is 6.06. The van der Waals surface area contributed by atoms with E-state index in [1.165, 1.54) is 16.9 Å². The van der Waals surface area contributed by atoms with Crippen LogP contribution in [-0.2, 0) is 4.57 Å². The first kappa shape index (κ1) is 18.4. The van der Waals surface area contributed by atoms with E-state index >= 15 is 0 Å². The standard InChI is InChI=1S/C12H22NOPS3/c1-5-7-8-9-10-13(11-16)15(14,17-4)18-12(3)6-2/h11-12H,5-6,9-10H2,1-4H3. The van der Waals surface area contributed by atoms with Crippen LogP contribution in [-0.4, -0.2) is 28.2 Å². The lowest BCUT2D eigenvalue weighted by Gasteiger charge is -2.28. The molecular weight excluding hydrogens is 301 g/mol. The van der Waals surface area contributed by atoms with Crippen LogP contribution in [0.1, 0.15) is 40.0 Å². The molecule has 2 atom stereocenters. The molecule has 2 unspecified atom stereocenters. The first-order chi connectivity index (χ1) is 8.53. The lowest BCUT2D eigenvalue weighted by Crippen LogP contribution is -2.17. The Labute approximate surface area is 125 Å². The number of nitrogens with zero attached hydrogens (tertiary/aromatic N) is 1. The molecule has 0 aromatic rings. The van der Waals surface area contributed by atoms with E-state index in [-0.39, 0.29) is 0 Å². The molecule has 0 aliphatic rings. The second kappa shape index (κ2) is 10.2. The summed E-state index contributed by atoms with van der Waals surface area (Å²) in [5, 5.41) is 0.377. The van der Waals surface area contributed by atoms with Gasteiger partial charge in [0, 0.05) is 24.6 Å². The molecule has 0 amide bonds. The molecule has 104 valence electrons. The lowest BCUT2D eigenvalue weighted by molar-refractivity contribution is 0.553. The SMILES string of the molecule is CCC#CCCN(C=S)P(=O)(SC)SC(C)CC. The molecule has 0 saturated carbocycles. The van der Waals surface area contributed by atoms with Gasteiger partial charge in [-0.2, -0.15) is 0 Å². The van der Waals surface area contributed by atoms with Crippen LogP contribution in [0.25, 0.3) is 0 Å². The fourth-order valence-electron chi connectivity index (χ4n) is 1.13. The topological polar surface area (TPSA) is 20.3 Å². The number of hydrogen-bond acceptors (Lipinski definition) is 4. The highest BCUT2D eigenvalue weighted by atomic mass is 33.1. The second-order valence-electron chi connectivity index (χ2n) is 3.70. The predicted octanol–water partition coefficient (Wildman–Crippen LogP) is 5.05. The summed E-state index contributed by atoms with van der Waals surface area (Å²) in [6.45, 7) is 6.89. The van der Waals surface area contributed by atoms with Crippen molar-refractivity contribution in [1.82, 2.24) is 4.67 Å². The molecule has 0 aromatic heterocycles. The molecule has 0 aromatic carbocycles. The molecule has 6 heteroatoms. The van der Waals surface area contributed by atoms with Crippen LogP contribution in [0.4, 0.5) is 0 Å². The van der Waals surface area contributed by atoms with Gasteiger partial charge in [0.1, 0.15) is 0 Å². The molecule has 0 spiro atoms. The Morgan fingerprint density at radius 1 is 1.44 bits per heavy atom. The summed E-state index contributed by atoms with van der Waals surface area (Å²) >= 11 is 7.96. The van der Waals surface area contributed by atoms with Crippen LogP contribution in [0.15, 0.2) is 0 Å². The Balaban J connectivity index is 4.64. The Kier molecular flexibility index (Phi) is 10.4. The van der Waals surface area contributed by atoms with Gasteiger partial charge >= 0.3 is 0 Å². The third-order valence-corrected chi connectivity index (χ3v) is 11.7. The molecule has 0 rings (SSSR count). The summed E-state index contributed by atoms with van der Waals surface area (Å²) in [5.74, 6) is 6.09. The third-order valence-electron chi connectivity index (χ3n) is 2.32. The van der Waals surface area contributed by atoms with Crippen molar-refractivity contribution in [2.24, 2.45) is 0 Å². The zero-order valence-corrected chi connectivity index (χ0v) is 14.9. The second-order valence-corrected chi connectivity index (χ2v) is 12.1. The molecule has 0 aliphatic carbocycles. The van der Waals surface area contributed by atoms with E-state index in [2.05, 4.69) is 25.7 Å². The van der Waals surface area contributed by atoms with Gasteiger partial charge in [-0.15, -0.1) is 11.8 Å². The first-order valence-corrected chi connectivity index (χ1v) is 11.5. The normalized spacial score (nSPS) is 15.1. The summed E-state index contributed by atoms with van der Waals surface area (Å²) in [6.07, 6.45) is 4.47. The van der Waals surface area contributed by atoms with Crippen LogP contribution in [0.3, 0.4) is 0 Å². The minimum Gasteiger partial charge on any atom is -0.303 e. The fourth-order valence-corrected chi connectivity index (χ4v) is 9.40. The van der Waals surface area contributed by atoms with Crippen LogP contribution >= 0.6 is 40.7 Å². The van der Waals surface area contributed by atoms with Gasteiger partial charge in [0.2, 0.25) is 0 Å². The smallest absolute Gasteiger partial charge is 0.280 e. The van der Waals surface area contributed by atoms with Crippen molar-refractivity contribution >= 4 is 46.2 Å². The van der Waals surface area contributed by atoms with Gasteiger partial charge in [-0.3, -0.25) is 4.57 Å². The van der Waals surface area contributed by atoms with E-state index < -0.39 is 5.70 Å². The number of thiocarbonyl (C=S) groups is 1. The summed E-state index contributed by atoms with van der Waals surface area (Å²) in [7, 11) is 0. The van der Waals surface area contributed by atoms with Crippen LogP contribution in [0.2, 0.25) is 0 Å². The van der Waals surface area contributed by atoms with Gasteiger partial charge in [-0.1, -0.05) is 55.8 Å². The summed E-state index contributed by atoms with van der Waals surface area (Å²) in [4.78, 5) is 0. The average molecular weight is 323 g/mol. The van der Waals surface area contributed by atoms with E-state index in [1.54, 1.807) is 16.1 Å². The van der Waals surface area contributed by atoms with Crippen LogP contribution in [0, 0.1) is 11.8 Å². The molecule has 0 heterocycles. The molecule has 0 saturated heterocycles. The molecule has 0 fully saturated rings. The highest BCUT2D eigenvalue weighted by Crippen LogP contribution is 2.71. The minimum absolute atomic E-state index is 0.377. The van der Waals surface area contributed by atoms with Crippen molar-refractivity contribution in [3.63, 3.8) is 0 Å². The highest BCUT2D eigenvalue weighted by molar-refractivity contribution is 8.90. The van der Waals surface area contributed by atoms with Crippen molar-refractivity contribution in [3.8, 4) is 11.8 Å². The van der Waals surface area contributed by atoms with Gasteiger partial charge in [0.05, 0.1) is 5.49 Å². The van der Waals surface area contributed by atoms with Gasteiger partial charge in [0.25, 0.3) is 5.70 Å². The van der Waals surface area contributed by atoms with E-state index in [9.17, 15) is 4.57 Å². The van der Waals surface area contributed by atoms with Crippen molar-refractivity contribution in [1.29, 1.82) is 0 Å². The van der Waals surface area contributed by atoms with Gasteiger partial charge in [0.15, 0.2) is 0 Å². The maximum absolute atomic E-state index is 12.9. The predicted molar refractivity (Wildman–Crippen MR) is 91.5 cm³/mol.